The van der Waals surface area contributed by atoms with Crippen LogP contribution < -0.4 is 11.1 Å². The van der Waals surface area contributed by atoms with Crippen LogP contribution in [-0.2, 0) is 0 Å². The first kappa shape index (κ1) is 14.4. The van der Waals surface area contributed by atoms with Crippen LogP contribution in [0.4, 0.5) is 11.4 Å². The number of nitrogens with two attached hydrogens (primary N) is 1. The fourth-order valence-electron chi connectivity index (χ4n) is 2.14. The summed E-state index contributed by atoms with van der Waals surface area (Å²) in [7, 11) is 0. The van der Waals surface area contributed by atoms with Gasteiger partial charge in [0.2, 0.25) is 0 Å². The van der Waals surface area contributed by atoms with E-state index >= 15 is 0 Å². The number of hydrogen-bond donors (Lipinski definition) is 2. The van der Waals surface area contributed by atoms with E-state index in [2.05, 4.69) is 48.9 Å². The first-order chi connectivity index (χ1) is 7.91. The maximum Gasteiger partial charge on any atom is 0.0486 e. The molecule has 3 heteroatoms. The molecule has 0 heterocycles. The maximum absolute atomic E-state index is 5.72. The normalized spacial score (nSPS) is 11.5. The van der Waals surface area contributed by atoms with Crippen LogP contribution in [0.1, 0.15) is 27.7 Å². The summed E-state index contributed by atoms with van der Waals surface area (Å²) in [4.78, 5) is 0. The van der Waals surface area contributed by atoms with E-state index < -0.39 is 0 Å². The third kappa shape index (κ3) is 4.23. The smallest absolute Gasteiger partial charge is 0.0486 e. The number of nitrogens with one attached hydrogen (secondary N) is 1. The zero-order valence-corrected chi connectivity index (χ0v) is 12.7. The lowest BCUT2D eigenvalue weighted by Crippen LogP contribution is -2.24. The summed E-state index contributed by atoms with van der Waals surface area (Å²) in [5.74, 6) is 2.06. The number of anilines is 2. The Labute approximate surface area is 113 Å². The second kappa shape index (κ2) is 6.29. The lowest BCUT2D eigenvalue weighted by Gasteiger charge is -2.25. The molecule has 0 unspecified atom stereocenters. The molecule has 2 nitrogen and oxygen atoms in total. The van der Waals surface area contributed by atoms with Crippen LogP contribution in [0.3, 0.4) is 0 Å². The van der Waals surface area contributed by atoms with Crippen LogP contribution in [0.2, 0.25) is 0 Å². The fraction of sp³-hybridized carbons (Fsp3) is 0.571. The predicted molar refractivity (Wildman–Crippen MR) is 80.2 cm³/mol. The molecule has 0 bridgehead atoms. The molecule has 0 spiro atoms. The molecule has 96 valence electrons. The summed E-state index contributed by atoms with van der Waals surface area (Å²) < 4.78 is 1.03. The Morgan fingerprint density at radius 1 is 1.18 bits per heavy atom. The van der Waals surface area contributed by atoms with Crippen molar-refractivity contribution in [2.75, 3.05) is 17.6 Å². The molecule has 1 rings (SSSR count). The minimum atomic E-state index is 0.680. The lowest BCUT2D eigenvalue weighted by atomic mass is 9.85. The van der Waals surface area contributed by atoms with Crippen LogP contribution in [0.15, 0.2) is 22.7 Å². The third-order valence-corrected chi connectivity index (χ3v) is 3.89. The van der Waals surface area contributed by atoms with Gasteiger partial charge in [0.1, 0.15) is 0 Å². The molecule has 0 amide bonds. The highest BCUT2D eigenvalue weighted by Crippen LogP contribution is 2.27. The van der Waals surface area contributed by atoms with Crippen molar-refractivity contribution in [3.63, 3.8) is 0 Å². The van der Waals surface area contributed by atoms with Gasteiger partial charge in [-0.1, -0.05) is 27.7 Å². The SMILES string of the molecule is CC(C)C(CNc1ccc(N)cc1Br)C(C)C. The third-order valence-electron chi connectivity index (χ3n) is 3.23. The fourth-order valence-corrected chi connectivity index (χ4v) is 2.68. The lowest BCUT2D eigenvalue weighted by molar-refractivity contribution is 0.304. The zero-order valence-electron chi connectivity index (χ0n) is 11.1. The number of rotatable bonds is 5. The van der Waals surface area contributed by atoms with Crippen molar-refractivity contribution in [2.24, 2.45) is 17.8 Å². The van der Waals surface area contributed by atoms with Gasteiger partial charge in [-0.15, -0.1) is 0 Å². The van der Waals surface area contributed by atoms with Gasteiger partial charge in [0, 0.05) is 22.4 Å². The number of halogens is 1. The van der Waals surface area contributed by atoms with Gasteiger partial charge in [0.15, 0.2) is 0 Å². The average Bonchev–Trinajstić information content (AvgIpc) is 2.20. The van der Waals surface area contributed by atoms with E-state index in [4.69, 9.17) is 5.73 Å². The molecule has 0 saturated carbocycles. The Morgan fingerprint density at radius 3 is 2.24 bits per heavy atom. The Bertz CT molecular complexity index is 353. The summed E-state index contributed by atoms with van der Waals surface area (Å²) in [6, 6.07) is 5.88. The number of hydrogen-bond acceptors (Lipinski definition) is 2. The van der Waals surface area contributed by atoms with Crippen molar-refractivity contribution in [1.82, 2.24) is 0 Å². The summed E-state index contributed by atoms with van der Waals surface area (Å²) in [5, 5.41) is 3.50. The van der Waals surface area contributed by atoms with Crippen LogP contribution in [0.5, 0.6) is 0 Å². The van der Waals surface area contributed by atoms with E-state index in [9.17, 15) is 0 Å². The van der Waals surface area contributed by atoms with Gasteiger partial charge in [-0.2, -0.15) is 0 Å². The first-order valence-corrected chi connectivity index (χ1v) is 7.00. The molecule has 0 aromatic heterocycles. The first-order valence-electron chi connectivity index (χ1n) is 6.20. The molecule has 0 aliphatic heterocycles. The quantitative estimate of drug-likeness (QED) is 0.792. The summed E-state index contributed by atoms with van der Waals surface area (Å²) in [6.45, 7) is 10.1. The van der Waals surface area contributed by atoms with E-state index in [1.165, 1.54) is 0 Å². The summed E-state index contributed by atoms with van der Waals surface area (Å²) >= 11 is 3.53. The van der Waals surface area contributed by atoms with Gasteiger partial charge in [-0.3, -0.25) is 0 Å². The highest BCUT2D eigenvalue weighted by molar-refractivity contribution is 9.10. The second-order valence-corrected chi connectivity index (χ2v) is 6.13. The molecule has 0 fully saturated rings. The monoisotopic (exact) mass is 298 g/mol. The van der Waals surface area contributed by atoms with Crippen molar-refractivity contribution in [1.29, 1.82) is 0 Å². The largest absolute Gasteiger partial charge is 0.399 e. The Kier molecular flexibility index (Phi) is 5.31. The van der Waals surface area contributed by atoms with Crippen molar-refractivity contribution in [2.45, 2.75) is 27.7 Å². The van der Waals surface area contributed by atoms with Crippen molar-refractivity contribution in [3.8, 4) is 0 Å². The van der Waals surface area contributed by atoms with Crippen molar-refractivity contribution < 1.29 is 0 Å². The minimum absolute atomic E-state index is 0.680. The molecular weight excluding hydrogens is 276 g/mol. The Morgan fingerprint density at radius 2 is 1.76 bits per heavy atom. The van der Waals surface area contributed by atoms with Crippen LogP contribution in [-0.4, -0.2) is 6.54 Å². The van der Waals surface area contributed by atoms with Crippen LogP contribution in [0.25, 0.3) is 0 Å². The predicted octanol–water partition coefficient (Wildman–Crippen LogP) is 4.37. The topological polar surface area (TPSA) is 38.0 Å². The van der Waals surface area contributed by atoms with E-state index in [0.29, 0.717) is 17.8 Å². The van der Waals surface area contributed by atoms with Gasteiger partial charge < -0.3 is 11.1 Å². The van der Waals surface area contributed by atoms with E-state index in [1.54, 1.807) is 0 Å². The Balaban J connectivity index is 2.65. The number of benzene rings is 1. The summed E-state index contributed by atoms with van der Waals surface area (Å²) in [6.07, 6.45) is 0. The van der Waals surface area contributed by atoms with E-state index in [-0.39, 0.29) is 0 Å². The van der Waals surface area contributed by atoms with Crippen molar-refractivity contribution >= 4 is 27.3 Å². The highest BCUT2D eigenvalue weighted by Gasteiger charge is 2.17. The number of nitrogen functional groups attached to an aromatic ring is 1. The average molecular weight is 299 g/mol. The molecule has 0 atom stereocenters. The molecular formula is C14H23BrN2. The highest BCUT2D eigenvalue weighted by atomic mass is 79.9. The molecule has 1 aromatic rings. The van der Waals surface area contributed by atoms with Gasteiger partial charge in [0.05, 0.1) is 0 Å². The van der Waals surface area contributed by atoms with E-state index in [0.717, 1.165) is 22.4 Å². The molecule has 1 aromatic carbocycles. The minimum Gasteiger partial charge on any atom is -0.399 e. The van der Waals surface area contributed by atoms with Gasteiger partial charge >= 0.3 is 0 Å². The molecule has 3 N–H and O–H groups in total. The second-order valence-electron chi connectivity index (χ2n) is 5.27. The van der Waals surface area contributed by atoms with Crippen LogP contribution >= 0.6 is 15.9 Å². The van der Waals surface area contributed by atoms with Crippen LogP contribution in [0, 0.1) is 17.8 Å². The van der Waals surface area contributed by atoms with Gasteiger partial charge in [0.25, 0.3) is 0 Å². The maximum atomic E-state index is 5.72. The molecule has 0 aliphatic carbocycles. The van der Waals surface area contributed by atoms with Gasteiger partial charge in [-0.05, 0) is 51.9 Å². The molecule has 0 aliphatic rings. The standard InChI is InChI=1S/C14H23BrN2/c1-9(2)12(10(3)4)8-17-14-6-5-11(16)7-13(14)15/h5-7,9-10,12,17H,8,16H2,1-4H3. The Hall–Kier alpha value is -0.700. The molecule has 0 radical (unpaired) electrons. The van der Waals surface area contributed by atoms with Gasteiger partial charge in [-0.25, -0.2) is 0 Å². The van der Waals surface area contributed by atoms with E-state index in [1.807, 2.05) is 18.2 Å². The summed E-state index contributed by atoms with van der Waals surface area (Å²) in [5.41, 5.74) is 7.62. The molecule has 0 saturated heterocycles. The van der Waals surface area contributed by atoms with Crippen molar-refractivity contribution in [3.05, 3.63) is 22.7 Å². The molecule has 17 heavy (non-hydrogen) atoms. The zero-order chi connectivity index (χ0) is 13.0.